The normalized spacial score (nSPS) is 11.0. The van der Waals surface area contributed by atoms with Crippen molar-refractivity contribution in [1.29, 1.82) is 0 Å². The fourth-order valence-electron chi connectivity index (χ4n) is 2.47. The monoisotopic (exact) mass is 284 g/mol. The molecule has 108 valence electrons. The van der Waals surface area contributed by atoms with Gasteiger partial charge in [0.05, 0.1) is 12.1 Å². The summed E-state index contributed by atoms with van der Waals surface area (Å²) in [4.78, 5) is 10.9. The molecule has 0 N–H and O–H groups in total. The lowest BCUT2D eigenvalue weighted by atomic mass is 10.1. The van der Waals surface area contributed by atoms with Crippen molar-refractivity contribution in [3.05, 3.63) is 54.0 Å². The molecule has 0 aliphatic heterocycles. The van der Waals surface area contributed by atoms with Gasteiger partial charge in [-0.25, -0.2) is 9.37 Å². The van der Waals surface area contributed by atoms with Crippen LogP contribution in [-0.2, 0) is 13.6 Å². The maximum atomic E-state index is 13.6. The zero-order valence-electron chi connectivity index (χ0n) is 12.3. The Morgan fingerprint density at radius 1 is 1.29 bits per heavy atom. The van der Waals surface area contributed by atoms with Crippen molar-refractivity contribution in [2.45, 2.75) is 13.5 Å². The minimum atomic E-state index is -0.250. The zero-order valence-corrected chi connectivity index (χ0v) is 12.3. The summed E-state index contributed by atoms with van der Waals surface area (Å²) in [6.07, 6.45) is 3.69. The highest BCUT2D eigenvalue weighted by atomic mass is 19.1. The van der Waals surface area contributed by atoms with Crippen molar-refractivity contribution < 1.29 is 4.39 Å². The molecule has 0 aliphatic carbocycles. The van der Waals surface area contributed by atoms with E-state index in [2.05, 4.69) is 14.9 Å². The molecule has 1 aromatic carbocycles. The van der Waals surface area contributed by atoms with Crippen molar-refractivity contribution in [1.82, 2.24) is 14.5 Å². The number of rotatable bonds is 3. The molecular weight excluding hydrogens is 267 g/mol. The number of anilines is 1. The van der Waals surface area contributed by atoms with Crippen LogP contribution in [0.25, 0.3) is 10.9 Å². The van der Waals surface area contributed by atoms with E-state index in [4.69, 9.17) is 0 Å². The average molecular weight is 284 g/mol. The van der Waals surface area contributed by atoms with Crippen LogP contribution in [0.15, 0.2) is 36.7 Å². The first-order valence-corrected chi connectivity index (χ1v) is 6.79. The van der Waals surface area contributed by atoms with Crippen molar-refractivity contribution in [2.75, 3.05) is 11.9 Å². The Morgan fingerprint density at radius 3 is 2.81 bits per heavy atom. The molecular formula is C16H17FN4. The van der Waals surface area contributed by atoms with Crippen LogP contribution in [0.1, 0.15) is 11.5 Å². The van der Waals surface area contributed by atoms with Crippen molar-refractivity contribution >= 4 is 16.6 Å². The highest BCUT2D eigenvalue weighted by molar-refractivity contribution is 5.91. The van der Waals surface area contributed by atoms with Crippen LogP contribution in [0, 0.1) is 12.7 Å². The Bertz CT molecular complexity index is 794. The average Bonchev–Trinajstić information content (AvgIpc) is 2.84. The van der Waals surface area contributed by atoms with E-state index in [9.17, 15) is 4.39 Å². The van der Waals surface area contributed by atoms with Crippen molar-refractivity contribution in [3.63, 3.8) is 0 Å². The molecule has 0 atom stereocenters. The van der Waals surface area contributed by atoms with Crippen LogP contribution in [0.5, 0.6) is 0 Å². The summed E-state index contributed by atoms with van der Waals surface area (Å²) in [5.74, 6) is 0.705. The topological polar surface area (TPSA) is 34.0 Å². The summed E-state index contributed by atoms with van der Waals surface area (Å²) in [7, 11) is 3.94. The third-order valence-corrected chi connectivity index (χ3v) is 3.59. The minimum Gasteiger partial charge on any atom is -0.367 e. The first kappa shape index (κ1) is 13.5. The molecule has 0 bridgehead atoms. The fraction of sp³-hybridized carbons (Fsp3) is 0.250. The molecule has 2 aromatic heterocycles. The van der Waals surface area contributed by atoms with Crippen molar-refractivity contribution in [3.8, 4) is 0 Å². The lowest BCUT2D eigenvalue weighted by Crippen LogP contribution is -2.19. The second kappa shape index (κ2) is 5.16. The van der Waals surface area contributed by atoms with E-state index in [0.29, 0.717) is 6.54 Å². The molecule has 0 unspecified atom stereocenters. The quantitative estimate of drug-likeness (QED) is 0.741. The number of nitrogens with zero attached hydrogens (tertiary/aromatic N) is 4. The molecule has 0 spiro atoms. The molecule has 0 amide bonds. The Labute approximate surface area is 122 Å². The van der Waals surface area contributed by atoms with Crippen LogP contribution in [0.4, 0.5) is 10.1 Å². The summed E-state index contributed by atoms with van der Waals surface area (Å²) < 4.78 is 15.5. The standard InChI is InChI=1S/C16H17FN4/c1-11-8-15(13-9-12(17)4-5-14(13)19-11)21(3)10-16-18-6-7-20(16)2/h4-9H,10H2,1-3H3. The molecule has 0 saturated heterocycles. The smallest absolute Gasteiger partial charge is 0.127 e. The summed E-state index contributed by atoms with van der Waals surface area (Å²) in [6.45, 7) is 2.60. The molecule has 4 nitrogen and oxygen atoms in total. The van der Waals surface area contributed by atoms with Crippen molar-refractivity contribution in [2.24, 2.45) is 7.05 Å². The summed E-state index contributed by atoms with van der Waals surface area (Å²) in [5, 5.41) is 0.817. The number of aryl methyl sites for hydroxylation is 2. The van der Waals surface area contributed by atoms with Gasteiger partial charge < -0.3 is 9.47 Å². The van der Waals surface area contributed by atoms with Gasteiger partial charge in [-0.1, -0.05) is 0 Å². The third kappa shape index (κ3) is 2.59. The van der Waals surface area contributed by atoms with Gasteiger partial charge >= 0.3 is 0 Å². The van der Waals surface area contributed by atoms with Crippen LogP contribution in [0.3, 0.4) is 0 Å². The molecule has 5 heteroatoms. The largest absolute Gasteiger partial charge is 0.367 e. The molecule has 0 saturated carbocycles. The highest BCUT2D eigenvalue weighted by Crippen LogP contribution is 2.27. The second-order valence-corrected chi connectivity index (χ2v) is 5.25. The van der Waals surface area contributed by atoms with E-state index < -0.39 is 0 Å². The summed E-state index contributed by atoms with van der Waals surface area (Å²) in [5.41, 5.74) is 2.67. The van der Waals surface area contributed by atoms with Crippen LogP contribution in [-0.4, -0.2) is 21.6 Å². The Hall–Kier alpha value is -2.43. The van der Waals surface area contributed by atoms with Gasteiger partial charge in [-0.15, -0.1) is 0 Å². The zero-order chi connectivity index (χ0) is 15.0. The van der Waals surface area contributed by atoms with Gasteiger partial charge in [0.1, 0.15) is 11.6 Å². The van der Waals surface area contributed by atoms with Gasteiger partial charge in [0.25, 0.3) is 0 Å². The number of hydrogen-bond donors (Lipinski definition) is 0. The molecule has 0 aliphatic rings. The van der Waals surface area contributed by atoms with Gasteiger partial charge in [-0.2, -0.15) is 0 Å². The van der Waals surface area contributed by atoms with E-state index in [1.165, 1.54) is 12.1 Å². The number of fused-ring (bicyclic) bond motifs is 1. The van der Waals surface area contributed by atoms with E-state index in [1.54, 1.807) is 12.3 Å². The first-order chi connectivity index (χ1) is 10.0. The number of benzene rings is 1. The molecule has 0 radical (unpaired) electrons. The Morgan fingerprint density at radius 2 is 2.10 bits per heavy atom. The van der Waals surface area contributed by atoms with Crippen LogP contribution in [0.2, 0.25) is 0 Å². The Kier molecular flexibility index (Phi) is 3.33. The van der Waals surface area contributed by atoms with E-state index in [0.717, 1.165) is 28.1 Å². The Balaban J connectivity index is 2.06. The number of hydrogen-bond acceptors (Lipinski definition) is 3. The van der Waals surface area contributed by atoms with Crippen LogP contribution < -0.4 is 4.90 Å². The maximum absolute atomic E-state index is 13.6. The van der Waals surface area contributed by atoms with Crippen LogP contribution >= 0.6 is 0 Å². The van der Waals surface area contributed by atoms with Gasteiger partial charge in [0.15, 0.2) is 0 Å². The molecule has 2 heterocycles. The summed E-state index contributed by atoms with van der Waals surface area (Å²) >= 11 is 0. The van der Waals surface area contributed by atoms with E-state index in [-0.39, 0.29) is 5.82 Å². The number of imidazole rings is 1. The fourth-order valence-corrected chi connectivity index (χ4v) is 2.47. The molecule has 3 aromatic rings. The first-order valence-electron chi connectivity index (χ1n) is 6.79. The molecule has 0 fully saturated rings. The number of pyridine rings is 1. The van der Waals surface area contributed by atoms with E-state index >= 15 is 0 Å². The highest BCUT2D eigenvalue weighted by Gasteiger charge is 2.11. The number of aromatic nitrogens is 3. The van der Waals surface area contributed by atoms with Gasteiger partial charge in [-0.3, -0.25) is 4.98 Å². The minimum absolute atomic E-state index is 0.250. The summed E-state index contributed by atoms with van der Waals surface area (Å²) in [6, 6.07) is 6.67. The van der Waals surface area contributed by atoms with Gasteiger partial charge in [0.2, 0.25) is 0 Å². The predicted molar refractivity (Wildman–Crippen MR) is 81.8 cm³/mol. The number of halogens is 1. The predicted octanol–water partition coefficient (Wildman–Crippen LogP) is 3.05. The van der Waals surface area contributed by atoms with E-state index in [1.807, 2.05) is 37.8 Å². The third-order valence-electron chi connectivity index (χ3n) is 3.59. The lowest BCUT2D eigenvalue weighted by molar-refractivity contribution is 0.629. The van der Waals surface area contributed by atoms with Gasteiger partial charge in [-0.05, 0) is 31.2 Å². The SMILES string of the molecule is Cc1cc(N(C)Cc2nccn2C)c2cc(F)ccc2n1. The molecule has 21 heavy (non-hydrogen) atoms. The van der Waals surface area contributed by atoms with Gasteiger partial charge in [0, 0.05) is 43.3 Å². The maximum Gasteiger partial charge on any atom is 0.127 e. The lowest BCUT2D eigenvalue weighted by Gasteiger charge is -2.21. The second-order valence-electron chi connectivity index (χ2n) is 5.25. The molecule has 3 rings (SSSR count).